The van der Waals surface area contributed by atoms with Crippen molar-refractivity contribution in [2.75, 3.05) is 0 Å². The van der Waals surface area contributed by atoms with Crippen LogP contribution < -0.4 is 0 Å². The molecule has 5 atom stereocenters. The minimum Gasteiger partial charge on any atom is -0.0778 e. The van der Waals surface area contributed by atoms with Crippen LogP contribution in [-0.2, 0) is 0 Å². The zero-order chi connectivity index (χ0) is 18.3. The second-order valence-corrected chi connectivity index (χ2v) is 8.82. The van der Waals surface area contributed by atoms with Crippen LogP contribution in [0.3, 0.4) is 0 Å². The van der Waals surface area contributed by atoms with Crippen molar-refractivity contribution in [2.24, 2.45) is 17.8 Å². The molecule has 0 saturated carbocycles. The van der Waals surface area contributed by atoms with Crippen molar-refractivity contribution in [3.8, 4) is 0 Å². The lowest BCUT2D eigenvalue weighted by Crippen LogP contribution is -2.34. The summed E-state index contributed by atoms with van der Waals surface area (Å²) in [7, 11) is 10.8. The predicted molar refractivity (Wildman–Crippen MR) is 128 cm³/mol. The van der Waals surface area contributed by atoms with Crippen molar-refractivity contribution < 1.29 is 0 Å². The van der Waals surface area contributed by atoms with E-state index in [0.717, 1.165) is 30.1 Å². The Bertz CT molecular complexity index is 454. The van der Waals surface area contributed by atoms with Gasteiger partial charge in [-0.05, 0) is 17.8 Å². The number of rotatable bonds is 10. The zero-order valence-corrected chi connectivity index (χ0v) is 17.5. The summed E-state index contributed by atoms with van der Waals surface area (Å²) in [6.45, 7) is 11.4. The third-order valence-electron chi connectivity index (χ3n) is 6.86. The molecular formula is C17H35B7. The molecule has 0 saturated heterocycles. The van der Waals surface area contributed by atoms with Crippen molar-refractivity contribution in [1.29, 1.82) is 0 Å². The lowest BCUT2D eigenvalue weighted by Gasteiger charge is -2.32. The molecule has 0 aromatic heterocycles. The summed E-state index contributed by atoms with van der Waals surface area (Å²) in [6.07, 6.45) is 2.70. The molecule has 0 aliphatic carbocycles. The van der Waals surface area contributed by atoms with Crippen LogP contribution in [0.2, 0.25) is 5.82 Å². The highest BCUT2D eigenvalue weighted by Crippen LogP contribution is 2.34. The third kappa shape index (κ3) is 6.19. The highest BCUT2D eigenvalue weighted by atomic mass is 14.2. The summed E-state index contributed by atoms with van der Waals surface area (Å²) in [4.78, 5) is 0. The number of hydrogen-bond acceptors (Lipinski definition) is 0. The van der Waals surface area contributed by atoms with E-state index in [1.54, 1.807) is 0 Å². The molecule has 0 aliphatic rings. The Morgan fingerprint density at radius 3 is 1.96 bits per heavy atom. The molecule has 0 spiro atoms. The lowest BCUT2D eigenvalue weighted by molar-refractivity contribution is 0.321. The fourth-order valence-corrected chi connectivity index (χ4v) is 4.42. The summed E-state index contributed by atoms with van der Waals surface area (Å²) in [6, 6.07) is 11.1. The van der Waals surface area contributed by atoms with E-state index in [-0.39, 0.29) is 0 Å². The first-order chi connectivity index (χ1) is 11.3. The second kappa shape index (κ2) is 10.6. The van der Waals surface area contributed by atoms with Crippen LogP contribution in [0.5, 0.6) is 0 Å². The van der Waals surface area contributed by atoms with Crippen molar-refractivity contribution in [1.82, 2.24) is 0 Å². The van der Waals surface area contributed by atoms with E-state index in [2.05, 4.69) is 89.0 Å². The average Bonchev–Trinajstić information content (AvgIpc) is 2.58. The Kier molecular flexibility index (Phi) is 9.61. The molecule has 1 rings (SSSR count). The largest absolute Gasteiger partial charge is 0.0778 e. The Balaban J connectivity index is 2.64. The van der Waals surface area contributed by atoms with E-state index in [0.29, 0.717) is 12.3 Å². The molecule has 1 aromatic carbocycles. The highest BCUT2D eigenvalue weighted by Gasteiger charge is 2.27. The van der Waals surface area contributed by atoms with E-state index >= 15 is 0 Å². The molecule has 0 amide bonds. The topological polar surface area (TPSA) is 0 Å². The van der Waals surface area contributed by atoms with Crippen LogP contribution in [0, 0.1) is 17.8 Å². The summed E-state index contributed by atoms with van der Waals surface area (Å²) >= 11 is 0. The van der Waals surface area contributed by atoms with Crippen molar-refractivity contribution in [3.05, 3.63) is 35.9 Å². The Labute approximate surface area is 157 Å². The molecule has 7 heteroatoms. The maximum atomic E-state index is 2.48. The van der Waals surface area contributed by atoms with Gasteiger partial charge in [-0.2, -0.15) is 0 Å². The van der Waals surface area contributed by atoms with Gasteiger partial charge >= 0.3 is 0 Å². The molecule has 0 fully saturated rings. The summed E-state index contributed by atoms with van der Waals surface area (Å²) in [5, 5.41) is 0. The van der Waals surface area contributed by atoms with Gasteiger partial charge < -0.3 is 0 Å². The monoisotopic (exact) mass is 316 g/mol. The molecular weight excluding hydrogens is 280 g/mol. The van der Waals surface area contributed by atoms with E-state index in [4.69, 9.17) is 0 Å². The van der Waals surface area contributed by atoms with Gasteiger partial charge in [0.25, 0.3) is 0 Å². The van der Waals surface area contributed by atoms with Crippen molar-refractivity contribution in [3.63, 3.8) is 0 Å². The minimum atomic E-state index is 0.681. The van der Waals surface area contributed by atoms with Crippen LogP contribution >= 0.6 is 0 Å². The van der Waals surface area contributed by atoms with Gasteiger partial charge in [0, 0.05) is 7.06 Å². The molecule has 0 radical (unpaired) electrons. The molecule has 0 N–H and O–H groups in total. The van der Waals surface area contributed by atoms with E-state index in [1.165, 1.54) is 25.5 Å². The minimum absolute atomic E-state index is 0.681. The van der Waals surface area contributed by atoms with Gasteiger partial charge in [-0.1, -0.05) is 88.1 Å². The SMILES string of the molecule is BBB(B)C(C)C(C)C(C)CCC(C)C(B(B)B)c1ccccc1. The predicted octanol–water partition coefficient (Wildman–Crippen LogP) is 0.248. The Hall–Kier alpha value is -0.325. The van der Waals surface area contributed by atoms with Crippen LogP contribution in [0.15, 0.2) is 30.3 Å². The number of benzene rings is 1. The summed E-state index contributed by atoms with van der Waals surface area (Å²) < 4.78 is 0. The smallest absolute Gasteiger partial charge is 0.0746 e. The van der Waals surface area contributed by atoms with Crippen LogP contribution in [0.1, 0.15) is 51.9 Å². The highest BCUT2D eigenvalue weighted by molar-refractivity contribution is 7.46. The molecule has 0 nitrogen and oxygen atoms in total. The van der Waals surface area contributed by atoms with Crippen LogP contribution in [-0.4, -0.2) is 51.0 Å². The van der Waals surface area contributed by atoms with Gasteiger partial charge in [-0.15, -0.1) is 0 Å². The van der Waals surface area contributed by atoms with Crippen LogP contribution in [0.25, 0.3) is 0 Å². The van der Waals surface area contributed by atoms with Crippen molar-refractivity contribution in [2.45, 2.75) is 52.2 Å². The first kappa shape index (κ1) is 21.7. The first-order valence-electron chi connectivity index (χ1n) is 10.3. The number of hydrogen-bond donors (Lipinski definition) is 0. The molecule has 1 aromatic rings. The van der Waals surface area contributed by atoms with Crippen molar-refractivity contribution >= 4 is 51.0 Å². The van der Waals surface area contributed by atoms with Gasteiger partial charge in [0.15, 0.2) is 0 Å². The van der Waals surface area contributed by atoms with Gasteiger partial charge in [-0.25, -0.2) is 0 Å². The maximum Gasteiger partial charge on any atom is 0.0746 e. The molecule has 24 heavy (non-hydrogen) atoms. The fraction of sp³-hybridized carbons (Fsp3) is 0.647. The average molecular weight is 315 g/mol. The van der Waals surface area contributed by atoms with E-state index in [9.17, 15) is 0 Å². The third-order valence-corrected chi connectivity index (χ3v) is 6.86. The molecule has 0 aliphatic heterocycles. The zero-order valence-electron chi connectivity index (χ0n) is 17.5. The summed E-state index contributed by atoms with van der Waals surface area (Å²) in [5.41, 5.74) is 1.52. The van der Waals surface area contributed by atoms with Gasteiger partial charge in [0.05, 0.1) is 43.9 Å². The summed E-state index contributed by atoms with van der Waals surface area (Å²) in [5.74, 6) is 3.90. The molecule has 5 unspecified atom stereocenters. The van der Waals surface area contributed by atoms with E-state index < -0.39 is 0 Å². The molecule has 0 bridgehead atoms. The lowest BCUT2D eigenvalue weighted by atomic mass is 9.01. The normalized spacial score (nSPS) is 17.3. The van der Waals surface area contributed by atoms with E-state index in [1.807, 2.05) is 0 Å². The Morgan fingerprint density at radius 2 is 1.46 bits per heavy atom. The molecule has 124 valence electrons. The Morgan fingerprint density at radius 1 is 0.917 bits per heavy atom. The van der Waals surface area contributed by atoms with Crippen LogP contribution in [0.4, 0.5) is 0 Å². The molecule has 0 heterocycles. The maximum absolute atomic E-state index is 2.48. The standard InChI is InChI=1S/C17H35B7/c1-12(14(3)15(4)24(21)22-18)10-11-13(2)17(23(19)20)16-8-6-5-7-9-16/h5-9,12-15,17,22H,10-11,18-21H2,1-4H3. The van der Waals surface area contributed by atoms with Gasteiger partial charge in [0.1, 0.15) is 0 Å². The quantitative estimate of drug-likeness (QED) is 0.543. The van der Waals surface area contributed by atoms with Gasteiger partial charge in [-0.3, -0.25) is 0 Å². The first-order valence-corrected chi connectivity index (χ1v) is 10.3. The second-order valence-electron chi connectivity index (χ2n) is 8.82. The van der Waals surface area contributed by atoms with Gasteiger partial charge in [0.2, 0.25) is 0 Å². The fourth-order valence-electron chi connectivity index (χ4n) is 4.42.